The van der Waals surface area contributed by atoms with E-state index in [-0.39, 0.29) is 11.1 Å². The monoisotopic (exact) mass is 370 g/mol. The normalized spacial score (nSPS) is 11.8. The minimum Gasteiger partial charge on any atom is -0.455 e. The number of aromatic amines is 1. The van der Waals surface area contributed by atoms with Crippen molar-refractivity contribution in [3.05, 3.63) is 64.6 Å². The molecule has 0 bridgehead atoms. The van der Waals surface area contributed by atoms with Gasteiger partial charge in [-0.25, -0.2) is 5.43 Å². The molecule has 26 heavy (non-hydrogen) atoms. The average Bonchev–Trinajstić information content (AvgIpc) is 3.24. The van der Waals surface area contributed by atoms with E-state index in [1.54, 1.807) is 24.3 Å². The summed E-state index contributed by atoms with van der Waals surface area (Å²) in [6, 6.07) is 12.6. The van der Waals surface area contributed by atoms with Gasteiger partial charge in [0.2, 0.25) is 0 Å². The molecule has 0 radical (unpaired) electrons. The van der Waals surface area contributed by atoms with Crippen LogP contribution in [0.25, 0.3) is 11.3 Å². The number of hydrogen-bond acceptors (Lipinski definition) is 4. The number of carbonyl (C=O) groups excluding carboxylic acids is 1. The number of halogens is 1. The fraction of sp³-hybridized carbons (Fsp3) is 0.211. The van der Waals surface area contributed by atoms with E-state index in [1.165, 1.54) is 6.21 Å². The van der Waals surface area contributed by atoms with E-state index >= 15 is 0 Å². The summed E-state index contributed by atoms with van der Waals surface area (Å²) in [4.78, 5) is 12.1. The maximum absolute atomic E-state index is 12.1. The van der Waals surface area contributed by atoms with Gasteiger partial charge in [0.25, 0.3) is 5.91 Å². The maximum atomic E-state index is 12.1. The molecule has 1 amide bonds. The van der Waals surface area contributed by atoms with Crippen LogP contribution >= 0.6 is 11.6 Å². The van der Waals surface area contributed by atoms with Gasteiger partial charge in [0, 0.05) is 21.7 Å². The van der Waals surface area contributed by atoms with Gasteiger partial charge in [-0.05, 0) is 42.5 Å². The highest BCUT2D eigenvalue weighted by Gasteiger charge is 2.19. The van der Waals surface area contributed by atoms with E-state index in [1.807, 2.05) is 39.0 Å². The summed E-state index contributed by atoms with van der Waals surface area (Å²) < 4.78 is 5.68. The molecule has 2 heterocycles. The molecule has 0 spiro atoms. The lowest BCUT2D eigenvalue weighted by molar-refractivity contribution is 0.0950. The summed E-state index contributed by atoms with van der Waals surface area (Å²) in [7, 11) is 0. The van der Waals surface area contributed by atoms with E-state index in [9.17, 15) is 4.79 Å². The molecule has 0 saturated carbocycles. The topological polar surface area (TPSA) is 83.3 Å². The standard InChI is InChI=1S/C19H19ClN4O2/c1-19(2,3)17-10-15(22-23-17)18(25)24-21-11-14-8-9-16(26-14)12-4-6-13(20)7-5-12/h4-11H,1-3H3,(H,22,23)(H,24,25)/b21-11-. The number of aromatic nitrogens is 2. The van der Waals surface area contributed by atoms with Crippen LogP contribution in [0.5, 0.6) is 0 Å². The second-order valence-electron chi connectivity index (χ2n) is 6.82. The average molecular weight is 371 g/mol. The molecule has 2 aromatic heterocycles. The van der Waals surface area contributed by atoms with Gasteiger partial charge in [-0.15, -0.1) is 0 Å². The molecular weight excluding hydrogens is 352 g/mol. The highest BCUT2D eigenvalue weighted by atomic mass is 35.5. The van der Waals surface area contributed by atoms with Gasteiger partial charge in [0.1, 0.15) is 11.5 Å². The van der Waals surface area contributed by atoms with Crippen LogP contribution < -0.4 is 5.43 Å². The van der Waals surface area contributed by atoms with Gasteiger partial charge in [-0.2, -0.15) is 10.2 Å². The SMILES string of the molecule is CC(C)(C)c1cc(C(=O)N/N=C\c2ccc(-c3ccc(Cl)cc3)o2)n[nH]1. The molecule has 1 aromatic carbocycles. The zero-order valence-corrected chi connectivity index (χ0v) is 15.5. The van der Waals surface area contributed by atoms with E-state index in [4.69, 9.17) is 16.0 Å². The number of amides is 1. The zero-order chi connectivity index (χ0) is 18.7. The fourth-order valence-corrected chi connectivity index (χ4v) is 2.35. The van der Waals surface area contributed by atoms with Crippen LogP contribution in [0.4, 0.5) is 0 Å². The number of hydrazone groups is 1. The van der Waals surface area contributed by atoms with Crippen LogP contribution in [0, 0.1) is 0 Å². The van der Waals surface area contributed by atoms with Gasteiger partial charge in [-0.3, -0.25) is 9.89 Å². The number of furan rings is 1. The van der Waals surface area contributed by atoms with E-state index < -0.39 is 5.91 Å². The van der Waals surface area contributed by atoms with Crippen molar-refractivity contribution in [2.75, 3.05) is 0 Å². The van der Waals surface area contributed by atoms with Crippen LogP contribution in [0.1, 0.15) is 42.7 Å². The van der Waals surface area contributed by atoms with Crippen LogP contribution in [0.3, 0.4) is 0 Å². The first-order valence-electron chi connectivity index (χ1n) is 8.08. The van der Waals surface area contributed by atoms with Gasteiger partial charge in [-0.1, -0.05) is 32.4 Å². The van der Waals surface area contributed by atoms with Crippen molar-refractivity contribution in [3.8, 4) is 11.3 Å². The molecule has 3 aromatic rings. The quantitative estimate of drug-likeness (QED) is 0.528. The third-order valence-corrected chi connectivity index (χ3v) is 3.98. The molecule has 7 heteroatoms. The Balaban J connectivity index is 1.63. The summed E-state index contributed by atoms with van der Waals surface area (Å²) in [5.41, 5.74) is 4.40. The zero-order valence-electron chi connectivity index (χ0n) is 14.7. The van der Waals surface area contributed by atoms with Crippen molar-refractivity contribution in [2.24, 2.45) is 5.10 Å². The summed E-state index contributed by atoms with van der Waals surface area (Å²) >= 11 is 5.88. The van der Waals surface area contributed by atoms with Crippen LogP contribution in [-0.4, -0.2) is 22.3 Å². The number of rotatable bonds is 4. The smallest absolute Gasteiger partial charge is 0.291 e. The minimum absolute atomic E-state index is 0.110. The highest BCUT2D eigenvalue weighted by Crippen LogP contribution is 2.23. The van der Waals surface area contributed by atoms with E-state index in [0.29, 0.717) is 16.5 Å². The lowest BCUT2D eigenvalue weighted by Gasteiger charge is -2.14. The Morgan fingerprint density at radius 1 is 1.23 bits per heavy atom. The predicted molar refractivity (Wildman–Crippen MR) is 102 cm³/mol. The van der Waals surface area contributed by atoms with Crippen molar-refractivity contribution >= 4 is 23.7 Å². The molecule has 3 rings (SSSR count). The van der Waals surface area contributed by atoms with Gasteiger partial charge < -0.3 is 4.42 Å². The third-order valence-electron chi connectivity index (χ3n) is 3.73. The molecule has 0 atom stereocenters. The number of carbonyl (C=O) groups is 1. The number of nitrogens with one attached hydrogen (secondary N) is 2. The molecular formula is C19H19ClN4O2. The molecule has 0 aliphatic carbocycles. The molecule has 2 N–H and O–H groups in total. The largest absolute Gasteiger partial charge is 0.455 e. The van der Waals surface area contributed by atoms with Crippen molar-refractivity contribution < 1.29 is 9.21 Å². The Hall–Kier alpha value is -2.86. The second-order valence-corrected chi connectivity index (χ2v) is 7.26. The number of benzene rings is 1. The van der Waals surface area contributed by atoms with Crippen molar-refractivity contribution in [2.45, 2.75) is 26.2 Å². The Kier molecular flexibility index (Phi) is 4.95. The van der Waals surface area contributed by atoms with Crippen LogP contribution in [0.2, 0.25) is 5.02 Å². The lowest BCUT2D eigenvalue weighted by Crippen LogP contribution is -2.18. The Morgan fingerprint density at radius 3 is 2.62 bits per heavy atom. The Bertz CT molecular complexity index is 933. The minimum atomic E-state index is -0.391. The maximum Gasteiger partial charge on any atom is 0.291 e. The van der Waals surface area contributed by atoms with Gasteiger partial charge in [0.15, 0.2) is 5.69 Å². The van der Waals surface area contributed by atoms with Crippen molar-refractivity contribution in [1.29, 1.82) is 0 Å². The number of H-pyrrole nitrogens is 1. The summed E-state index contributed by atoms with van der Waals surface area (Å²) in [5, 5.41) is 11.5. The lowest BCUT2D eigenvalue weighted by atomic mass is 9.92. The first kappa shape index (κ1) is 17.9. The van der Waals surface area contributed by atoms with E-state index in [2.05, 4.69) is 20.7 Å². The first-order chi connectivity index (χ1) is 12.3. The fourth-order valence-electron chi connectivity index (χ4n) is 2.23. The highest BCUT2D eigenvalue weighted by molar-refractivity contribution is 6.30. The number of hydrogen-bond donors (Lipinski definition) is 2. The van der Waals surface area contributed by atoms with Gasteiger partial charge >= 0.3 is 0 Å². The molecule has 134 valence electrons. The molecule has 6 nitrogen and oxygen atoms in total. The van der Waals surface area contributed by atoms with Gasteiger partial charge in [0.05, 0.1) is 6.21 Å². The summed E-state index contributed by atoms with van der Waals surface area (Å²) in [5.74, 6) is 0.821. The molecule has 0 fully saturated rings. The van der Waals surface area contributed by atoms with Crippen LogP contribution in [0.15, 0.2) is 52.0 Å². The second kappa shape index (κ2) is 7.17. The van der Waals surface area contributed by atoms with Crippen molar-refractivity contribution in [1.82, 2.24) is 15.6 Å². The molecule has 0 saturated heterocycles. The summed E-state index contributed by atoms with van der Waals surface area (Å²) in [6.07, 6.45) is 1.44. The Labute approximate surface area is 156 Å². The Morgan fingerprint density at radius 2 is 1.96 bits per heavy atom. The molecule has 0 aliphatic heterocycles. The number of nitrogens with zero attached hydrogens (tertiary/aromatic N) is 2. The third kappa shape index (κ3) is 4.21. The van der Waals surface area contributed by atoms with Crippen molar-refractivity contribution in [3.63, 3.8) is 0 Å². The first-order valence-corrected chi connectivity index (χ1v) is 8.46. The summed E-state index contributed by atoms with van der Waals surface area (Å²) in [6.45, 7) is 6.11. The predicted octanol–water partition coefficient (Wildman–Crippen LogP) is 4.38. The molecule has 0 unspecified atom stereocenters. The van der Waals surface area contributed by atoms with Crippen LogP contribution in [-0.2, 0) is 5.41 Å². The van der Waals surface area contributed by atoms with E-state index in [0.717, 1.165) is 11.3 Å². The molecule has 0 aliphatic rings.